The largest absolute Gasteiger partial charge is 0.0842 e. The van der Waals surface area contributed by atoms with Crippen molar-refractivity contribution >= 4 is 15.9 Å². The standard InChI is InChI=1S/C14H13Br/c1-11(15)13-8-5-9-14(10-13)12-6-3-2-4-7-12/h2-11H,1H3. The molecule has 1 heteroatoms. The maximum Gasteiger partial charge on any atom is 0.0367 e. The highest BCUT2D eigenvalue weighted by Crippen LogP contribution is 2.26. The molecule has 1 unspecified atom stereocenters. The van der Waals surface area contributed by atoms with Crippen LogP contribution in [-0.4, -0.2) is 0 Å². The molecule has 0 fully saturated rings. The van der Waals surface area contributed by atoms with Gasteiger partial charge in [-0.2, -0.15) is 0 Å². The first kappa shape index (κ1) is 10.4. The predicted octanol–water partition coefficient (Wildman–Crippen LogP) is 4.81. The Labute approximate surface area is 99.1 Å². The Hall–Kier alpha value is -1.08. The SMILES string of the molecule is CC(Br)c1cccc(-c2ccccc2)c1. The normalized spacial score (nSPS) is 12.4. The van der Waals surface area contributed by atoms with E-state index < -0.39 is 0 Å². The van der Waals surface area contributed by atoms with Crippen LogP contribution in [0.4, 0.5) is 0 Å². The van der Waals surface area contributed by atoms with Crippen molar-refractivity contribution in [3.63, 3.8) is 0 Å². The van der Waals surface area contributed by atoms with Gasteiger partial charge in [0.1, 0.15) is 0 Å². The summed E-state index contributed by atoms with van der Waals surface area (Å²) in [6.07, 6.45) is 0. The Morgan fingerprint density at radius 1 is 0.867 bits per heavy atom. The van der Waals surface area contributed by atoms with Crippen LogP contribution in [0.5, 0.6) is 0 Å². The molecule has 0 heterocycles. The average molecular weight is 261 g/mol. The van der Waals surface area contributed by atoms with E-state index in [9.17, 15) is 0 Å². The molecule has 0 radical (unpaired) electrons. The molecule has 0 aromatic heterocycles. The third-order valence-corrected chi connectivity index (χ3v) is 2.98. The molecule has 0 saturated heterocycles. The molecule has 0 aliphatic carbocycles. The summed E-state index contributed by atoms with van der Waals surface area (Å²) in [4.78, 5) is 0.404. The van der Waals surface area contributed by atoms with E-state index in [1.54, 1.807) is 0 Å². The molecule has 0 nitrogen and oxygen atoms in total. The van der Waals surface area contributed by atoms with Gasteiger partial charge >= 0.3 is 0 Å². The van der Waals surface area contributed by atoms with Crippen LogP contribution in [0.1, 0.15) is 17.3 Å². The van der Waals surface area contributed by atoms with Crippen molar-refractivity contribution in [3.05, 3.63) is 60.2 Å². The molecular weight excluding hydrogens is 248 g/mol. The van der Waals surface area contributed by atoms with Crippen LogP contribution in [0.2, 0.25) is 0 Å². The predicted molar refractivity (Wildman–Crippen MR) is 69.2 cm³/mol. The van der Waals surface area contributed by atoms with Gasteiger partial charge in [-0.05, 0) is 23.6 Å². The van der Waals surface area contributed by atoms with Gasteiger partial charge in [0, 0.05) is 4.83 Å². The lowest BCUT2D eigenvalue weighted by Crippen LogP contribution is -1.84. The monoisotopic (exact) mass is 260 g/mol. The van der Waals surface area contributed by atoms with E-state index in [1.807, 2.05) is 6.07 Å². The van der Waals surface area contributed by atoms with Gasteiger partial charge in [-0.25, -0.2) is 0 Å². The van der Waals surface area contributed by atoms with Crippen LogP contribution < -0.4 is 0 Å². The summed E-state index contributed by atoms with van der Waals surface area (Å²) in [5.74, 6) is 0. The van der Waals surface area contributed by atoms with Gasteiger partial charge in [0.25, 0.3) is 0 Å². The Kier molecular flexibility index (Phi) is 3.22. The van der Waals surface area contributed by atoms with E-state index in [1.165, 1.54) is 16.7 Å². The minimum Gasteiger partial charge on any atom is -0.0842 e. The van der Waals surface area contributed by atoms with Crippen LogP contribution in [0, 0.1) is 0 Å². The van der Waals surface area contributed by atoms with Crippen molar-refractivity contribution in [2.45, 2.75) is 11.8 Å². The molecule has 2 rings (SSSR count). The van der Waals surface area contributed by atoms with E-state index in [2.05, 4.69) is 71.4 Å². The van der Waals surface area contributed by atoms with Gasteiger partial charge in [-0.3, -0.25) is 0 Å². The molecule has 0 amide bonds. The third-order valence-electron chi connectivity index (χ3n) is 2.45. The highest BCUT2D eigenvalue weighted by molar-refractivity contribution is 9.09. The molecule has 0 bridgehead atoms. The topological polar surface area (TPSA) is 0 Å². The molecular formula is C14H13Br. The van der Waals surface area contributed by atoms with Gasteiger partial charge in [0.2, 0.25) is 0 Å². The molecule has 0 saturated carbocycles. The Balaban J connectivity index is 2.42. The molecule has 0 aliphatic heterocycles. The van der Waals surface area contributed by atoms with E-state index in [0.717, 1.165) is 0 Å². The summed E-state index contributed by atoms with van der Waals surface area (Å²) in [5, 5.41) is 0. The lowest BCUT2D eigenvalue weighted by atomic mass is 10.0. The first-order chi connectivity index (χ1) is 7.27. The van der Waals surface area contributed by atoms with Crippen LogP contribution in [0.3, 0.4) is 0 Å². The number of benzene rings is 2. The van der Waals surface area contributed by atoms with Crippen LogP contribution in [0.15, 0.2) is 54.6 Å². The van der Waals surface area contributed by atoms with Crippen LogP contribution in [-0.2, 0) is 0 Å². The van der Waals surface area contributed by atoms with E-state index in [-0.39, 0.29) is 0 Å². The summed E-state index contributed by atoms with van der Waals surface area (Å²) in [7, 11) is 0. The Bertz CT molecular complexity index is 432. The first-order valence-corrected chi connectivity index (χ1v) is 5.98. The van der Waals surface area contributed by atoms with E-state index >= 15 is 0 Å². The molecule has 76 valence electrons. The minimum atomic E-state index is 0.404. The first-order valence-electron chi connectivity index (χ1n) is 5.07. The molecule has 0 N–H and O–H groups in total. The number of hydrogen-bond acceptors (Lipinski definition) is 0. The molecule has 1 atom stereocenters. The minimum absolute atomic E-state index is 0.404. The highest BCUT2D eigenvalue weighted by atomic mass is 79.9. The molecule has 2 aromatic rings. The summed E-state index contributed by atoms with van der Waals surface area (Å²) in [6, 6.07) is 19.1. The lowest BCUT2D eigenvalue weighted by Gasteiger charge is -2.06. The highest BCUT2D eigenvalue weighted by Gasteiger charge is 2.02. The van der Waals surface area contributed by atoms with Crippen molar-refractivity contribution in [1.82, 2.24) is 0 Å². The van der Waals surface area contributed by atoms with Gasteiger partial charge in [-0.15, -0.1) is 0 Å². The zero-order chi connectivity index (χ0) is 10.7. The zero-order valence-corrected chi connectivity index (χ0v) is 10.2. The van der Waals surface area contributed by atoms with E-state index in [4.69, 9.17) is 0 Å². The van der Waals surface area contributed by atoms with Crippen molar-refractivity contribution in [1.29, 1.82) is 0 Å². The summed E-state index contributed by atoms with van der Waals surface area (Å²) in [6.45, 7) is 2.14. The number of hydrogen-bond donors (Lipinski definition) is 0. The maximum absolute atomic E-state index is 3.59. The van der Waals surface area contributed by atoms with Crippen molar-refractivity contribution < 1.29 is 0 Å². The van der Waals surface area contributed by atoms with Gasteiger partial charge in [0.05, 0.1) is 0 Å². The fraction of sp³-hybridized carbons (Fsp3) is 0.143. The summed E-state index contributed by atoms with van der Waals surface area (Å²) in [5.41, 5.74) is 3.86. The van der Waals surface area contributed by atoms with Crippen molar-refractivity contribution in [3.8, 4) is 11.1 Å². The summed E-state index contributed by atoms with van der Waals surface area (Å²) < 4.78 is 0. The second-order valence-electron chi connectivity index (χ2n) is 3.61. The summed E-state index contributed by atoms with van der Waals surface area (Å²) >= 11 is 3.59. The van der Waals surface area contributed by atoms with Crippen molar-refractivity contribution in [2.24, 2.45) is 0 Å². The second kappa shape index (κ2) is 4.63. The van der Waals surface area contributed by atoms with Crippen LogP contribution in [0.25, 0.3) is 11.1 Å². The second-order valence-corrected chi connectivity index (χ2v) is 4.98. The number of halogens is 1. The Morgan fingerprint density at radius 3 is 2.20 bits per heavy atom. The van der Waals surface area contributed by atoms with Gasteiger partial charge < -0.3 is 0 Å². The number of alkyl halides is 1. The molecule has 0 spiro atoms. The maximum atomic E-state index is 3.59. The average Bonchev–Trinajstić information content (AvgIpc) is 2.30. The van der Waals surface area contributed by atoms with Crippen molar-refractivity contribution in [2.75, 3.05) is 0 Å². The smallest absolute Gasteiger partial charge is 0.0367 e. The number of rotatable bonds is 2. The van der Waals surface area contributed by atoms with E-state index in [0.29, 0.717) is 4.83 Å². The van der Waals surface area contributed by atoms with Gasteiger partial charge in [-0.1, -0.05) is 70.5 Å². The molecule has 15 heavy (non-hydrogen) atoms. The lowest BCUT2D eigenvalue weighted by molar-refractivity contribution is 1.12. The Morgan fingerprint density at radius 2 is 1.53 bits per heavy atom. The third kappa shape index (κ3) is 2.48. The zero-order valence-electron chi connectivity index (χ0n) is 8.65. The fourth-order valence-electron chi connectivity index (χ4n) is 1.60. The quantitative estimate of drug-likeness (QED) is 0.680. The fourth-order valence-corrected chi connectivity index (χ4v) is 1.88. The molecule has 2 aromatic carbocycles. The molecule has 0 aliphatic rings. The van der Waals surface area contributed by atoms with Crippen LogP contribution >= 0.6 is 15.9 Å². The van der Waals surface area contributed by atoms with Gasteiger partial charge in [0.15, 0.2) is 0 Å².